The standard InChI is InChI=1S/C8H4F7N/c9-3-2(8(14,15)1-16)4(10)6(12)7(13)5(3)11/h1,16H2. The fraction of sp³-hybridized carbons (Fsp3) is 0.250. The molecule has 16 heavy (non-hydrogen) atoms. The Bertz CT molecular complexity index is 400. The van der Waals surface area contributed by atoms with Gasteiger partial charge in [0.05, 0.1) is 12.1 Å². The molecule has 1 aromatic rings. The largest absolute Gasteiger partial charge is 0.325 e. The number of hydrogen-bond donors (Lipinski definition) is 1. The van der Waals surface area contributed by atoms with Gasteiger partial charge in [-0.3, -0.25) is 0 Å². The zero-order valence-electron chi connectivity index (χ0n) is 7.43. The summed E-state index contributed by atoms with van der Waals surface area (Å²) in [5, 5.41) is 0. The molecule has 0 unspecified atom stereocenters. The van der Waals surface area contributed by atoms with Crippen LogP contribution in [0.15, 0.2) is 0 Å². The van der Waals surface area contributed by atoms with Gasteiger partial charge in [0.15, 0.2) is 23.3 Å². The third kappa shape index (κ3) is 1.73. The van der Waals surface area contributed by atoms with E-state index in [0.29, 0.717) is 0 Å². The SMILES string of the molecule is NCC(F)(F)c1c(F)c(F)c(F)c(F)c1F. The molecule has 0 fully saturated rings. The summed E-state index contributed by atoms with van der Waals surface area (Å²) in [6.07, 6.45) is 0. The van der Waals surface area contributed by atoms with Crippen LogP contribution in [0.5, 0.6) is 0 Å². The zero-order valence-corrected chi connectivity index (χ0v) is 7.43. The molecule has 0 saturated heterocycles. The highest BCUT2D eigenvalue weighted by atomic mass is 19.3. The summed E-state index contributed by atoms with van der Waals surface area (Å²) in [6.45, 7) is -1.58. The third-order valence-corrected chi connectivity index (χ3v) is 1.83. The van der Waals surface area contributed by atoms with E-state index in [-0.39, 0.29) is 0 Å². The summed E-state index contributed by atoms with van der Waals surface area (Å²) in [4.78, 5) is 0. The molecular formula is C8H4F7N. The fourth-order valence-electron chi connectivity index (χ4n) is 1.03. The van der Waals surface area contributed by atoms with E-state index in [1.54, 1.807) is 0 Å². The van der Waals surface area contributed by atoms with Crippen molar-refractivity contribution in [1.82, 2.24) is 0 Å². The molecule has 1 rings (SSSR count). The number of halogens is 7. The number of rotatable bonds is 2. The average molecular weight is 247 g/mol. The molecule has 1 nitrogen and oxygen atoms in total. The normalized spacial score (nSPS) is 12.0. The lowest BCUT2D eigenvalue weighted by Gasteiger charge is -2.16. The van der Waals surface area contributed by atoms with E-state index in [4.69, 9.17) is 0 Å². The van der Waals surface area contributed by atoms with Gasteiger partial charge in [0.25, 0.3) is 5.92 Å². The molecule has 0 aromatic heterocycles. The van der Waals surface area contributed by atoms with Crippen LogP contribution in [0.3, 0.4) is 0 Å². The Labute approximate surface area is 84.7 Å². The van der Waals surface area contributed by atoms with Crippen LogP contribution in [-0.2, 0) is 5.92 Å². The van der Waals surface area contributed by atoms with Crippen molar-refractivity contribution in [3.8, 4) is 0 Å². The van der Waals surface area contributed by atoms with Crippen LogP contribution in [0.25, 0.3) is 0 Å². The van der Waals surface area contributed by atoms with Crippen LogP contribution < -0.4 is 5.73 Å². The lowest BCUT2D eigenvalue weighted by molar-refractivity contribution is -0.00322. The van der Waals surface area contributed by atoms with Crippen LogP contribution in [-0.4, -0.2) is 6.54 Å². The predicted octanol–water partition coefficient (Wildman–Crippen LogP) is 2.43. The molecule has 90 valence electrons. The van der Waals surface area contributed by atoms with Crippen LogP contribution >= 0.6 is 0 Å². The molecule has 0 heterocycles. The van der Waals surface area contributed by atoms with Gasteiger partial charge in [0.1, 0.15) is 0 Å². The molecule has 1 aromatic carbocycles. The van der Waals surface area contributed by atoms with E-state index in [2.05, 4.69) is 5.73 Å². The Morgan fingerprint density at radius 3 is 1.38 bits per heavy atom. The van der Waals surface area contributed by atoms with Gasteiger partial charge < -0.3 is 5.73 Å². The van der Waals surface area contributed by atoms with Crippen molar-refractivity contribution >= 4 is 0 Å². The maximum absolute atomic E-state index is 12.8. The Hall–Kier alpha value is -1.31. The van der Waals surface area contributed by atoms with Crippen molar-refractivity contribution in [3.63, 3.8) is 0 Å². The first kappa shape index (κ1) is 12.8. The monoisotopic (exact) mass is 247 g/mol. The molecule has 2 N–H and O–H groups in total. The molecule has 8 heteroatoms. The number of hydrogen-bond acceptors (Lipinski definition) is 1. The third-order valence-electron chi connectivity index (χ3n) is 1.83. The summed E-state index contributed by atoms with van der Waals surface area (Å²) in [5.41, 5.74) is 2.28. The Balaban J connectivity index is 3.65. The maximum Gasteiger partial charge on any atom is 0.291 e. The second kappa shape index (κ2) is 3.93. The highest BCUT2D eigenvalue weighted by Gasteiger charge is 2.41. The summed E-state index contributed by atoms with van der Waals surface area (Å²) < 4.78 is 88.9. The second-order valence-electron chi connectivity index (χ2n) is 2.85. The van der Waals surface area contributed by atoms with Crippen LogP contribution in [0, 0.1) is 29.1 Å². The van der Waals surface area contributed by atoms with Gasteiger partial charge in [-0.15, -0.1) is 0 Å². The highest BCUT2D eigenvalue weighted by molar-refractivity contribution is 5.28. The summed E-state index contributed by atoms with van der Waals surface area (Å²) in [6, 6.07) is 0. The fourth-order valence-corrected chi connectivity index (χ4v) is 1.03. The van der Waals surface area contributed by atoms with Gasteiger partial charge in [0.2, 0.25) is 5.82 Å². The van der Waals surface area contributed by atoms with Crippen LogP contribution in [0.1, 0.15) is 5.56 Å². The molecular weight excluding hydrogens is 243 g/mol. The molecule has 0 amide bonds. The minimum absolute atomic E-state index is 1.58. The molecule has 0 aliphatic rings. The lowest BCUT2D eigenvalue weighted by atomic mass is 10.1. The minimum Gasteiger partial charge on any atom is -0.325 e. The summed E-state index contributed by atoms with van der Waals surface area (Å²) >= 11 is 0. The van der Waals surface area contributed by atoms with Gasteiger partial charge in [-0.2, -0.15) is 8.78 Å². The van der Waals surface area contributed by atoms with Gasteiger partial charge in [-0.25, -0.2) is 22.0 Å². The van der Waals surface area contributed by atoms with Gasteiger partial charge in [-0.05, 0) is 0 Å². The van der Waals surface area contributed by atoms with Gasteiger partial charge in [0, 0.05) is 0 Å². The van der Waals surface area contributed by atoms with E-state index in [0.717, 1.165) is 0 Å². The minimum atomic E-state index is -4.33. The van der Waals surface area contributed by atoms with E-state index in [1.165, 1.54) is 0 Å². The van der Waals surface area contributed by atoms with Crippen molar-refractivity contribution in [1.29, 1.82) is 0 Å². The Morgan fingerprint density at radius 2 is 1.06 bits per heavy atom. The van der Waals surface area contributed by atoms with Crippen molar-refractivity contribution < 1.29 is 30.7 Å². The summed E-state index contributed by atoms with van der Waals surface area (Å²) in [5.74, 6) is -16.8. The van der Waals surface area contributed by atoms with Crippen molar-refractivity contribution in [3.05, 3.63) is 34.6 Å². The van der Waals surface area contributed by atoms with Crippen molar-refractivity contribution in [2.45, 2.75) is 5.92 Å². The van der Waals surface area contributed by atoms with Gasteiger partial charge in [-0.1, -0.05) is 0 Å². The summed E-state index contributed by atoms with van der Waals surface area (Å²) in [7, 11) is 0. The quantitative estimate of drug-likeness (QED) is 0.485. The van der Waals surface area contributed by atoms with Crippen LogP contribution in [0.4, 0.5) is 30.7 Å². The topological polar surface area (TPSA) is 26.0 Å². The first-order chi connectivity index (χ1) is 7.24. The average Bonchev–Trinajstić information content (AvgIpc) is 2.23. The number of alkyl halides is 2. The highest BCUT2D eigenvalue weighted by Crippen LogP contribution is 2.34. The smallest absolute Gasteiger partial charge is 0.291 e. The van der Waals surface area contributed by atoms with Gasteiger partial charge >= 0.3 is 0 Å². The maximum atomic E-state index is 12.8. The Morgan fingerprint density at radius 1 is 0.750 bits per heavy atom. The zero-order chi connectivity index (χ0) is 12.7. The molecule has 0 saturated carbocycles. The first-order valence-electron chi connectivity index (χ1n) is 3.83. The number of benzene rings is 1. The van der Waals surface area contributed by atoms with E-state index >= 15 is 0 Å². The van der Waals surface area contributed by atoms with Crippen molar-refractivity contribution in [2.24, 2.45) is 5.73 Å². The van der Waals surface area contributed by atoms with E-state index in [1.807, 2.05) is 0 Å². The molecule has 0 radical (unpaired) electrons. The predicted molar refractivity (Wildman–Crippen MR) is 39.2 cm³/mol. The van der Waals surface area contributed by atoms with Crippen LogP contribution in [0.2, 0.25) is 0 Å². The molecule has 0 aliphatic heterocycles. The number of nitrogens with two attached hydrogens (primary N) is 1. The molecule has 0 aliphatic carbocycles. The van der Waals surface area contributed by atoms with Crippen molar-refractivity contribution in [2.75, 3.05) is 6.54 Å². The van der Waals surface area contributed by atoms with E-state index < -0.39 is 47.1 Å². The molecule has 0 spiro atoms. The molecule has 0 bridgehead atoms. The van der Waals surface area contributed by atoms with E-state index in [9.17, 15) is 30.7 Å². The Kier molecular flexibility index (Phi) is 3.13. The second-order valence-corrected chi connectivity index (χ2v) is 2.85. The lowest BCUT2D eigenvalue weighted by Crippen LogP contribution is -2.29. The molecule has 0 atom stereocenters. The first-order valence-corrected chi connectivity index (χ1v) is 3.83.